The molecule has 0 radical (unpaired) electrons. The average Bonchev–Trinajstić information content (AvgIpc) is 3.24. The third-order valence-corrected chi connectivity index (χ3v) is 7.55. The number of hydrogen-bond donors (Lipinski definition) is 1. The van der Waals surface area contributed by atoms with Crippen LogP contribution in [-0.2, 0) is 17.8 Å². The summed E-state index contributed by atoms with van der Waals surface area (Å²) in [6, 6.07) is 1.71. The maximum Gasteiger partial charge on any atom is 0.464 e. The summed E-state index contributed by atoms with van der Waals surface area (Å²) in [5, 5.41) is 1.57. The van der Waals surface area contributed by atoms with Crippen molar-refractivity contribution in [3.8, 4) is 0 Å². The van der Waals surface area contributed by atoms with Gasteiger partial charge in [-0.1, -0.05) is 6.07 Å². The van der Waals surface area contributed by atoms with Crippen LogP contribution in [0.25, 0.3) is 0 Å². The molecule has 2 aliphatic heterocycles. The number of fused-ring (bicyclic) bond motifs is 1. The molecule has 0 bridgehead atoms. The fourth-order valence-corrected chi connectivity index (χ4v) is 5.38. The number of amides is 2. The average molecular weight is 538 g/mol. The number of aromatic amines is 1. The van der Waals surface area contributed by atoms with Gasteiger partial charge < -0.3 is 9.80 Å². The zero-order valence-corrected chi connectivity index (χ0v) is 19.7. The number of nitrogens with one attached hydrogen (secondary N) is 1. The van der Waals surface area contributed by atoms with Gasteiger partial charge in [0, 0.05) is 32.1 Å². The molecule has 1 fully saturated rings. The van der Waals surface area contributed by atoms with Crippen molar-refractivity contribution in [2.24, 2.45) is 0 Å². The Morgan fingerprint density at radius 1 is 1.06 bits per heavy atom. The number of aromatic nitrogens is 2. The standard InChI is InChI=1S/C22H21F7N4O2S/c1-11(34)33-9-6-14-16(10-33)30-31-18(14)20(35)32-7-4-12(5-8-32)13-2-3-15(23)17(24)19(13)36-22(28,29)21(25,26)27/h2-3,12H,4-10H2,1H3,(H,30,31). The Bertz CT molecular complexity index is 1180. The van der Waals surface area contributed by atoms with Gasteiger partial charge in [0.05, 0.1) is 17.1 Å². The van der Waals surface area contributed by atoms with Crippen LogP contribution in [0.4, 0.5) is 30.7 Å². The first-order valence-corrected chi connectivity index (χ1v) is 11.8. The molecule has 6 nitrogen and oxygen atoms in total. The number of piperidine rings is 1. The summed E-state index contributed by atoms with van der Waals surface area (Å²) in [5.74, 6) is -4.44. The van der Waals surface area contributed by atoms with Gasteiger partial charge in [0.15, 0.2) is 17.3 Å². The van der Waals surface area contributed by atoms with Crippen LogP contribution in [0, 0.1) is 11.6 Å². The molecule has 4 rings (SSSR count). The smallest absolute Gasteiger partial charge is 0.337 e. The summed E-state index contributed by atoms with van der Waals surface area (Å²) in [7, 11) is 0. The monoisotopic (exact) mass is 538 g/mol. The van der Waals surface area contributed by atoms with E-state index in [9.17, 15) is 40.3 Å². The number of rotatable bonds is 4. The number of hydrogen-bond acceptors (Lipinski definition) is 4. The summed E-state index contributed by atoms with van der Waals surface area (Å²) >= 11 is -1.06. The van der Waals surface area contributed by atoms with E-state index in [4.69, 9.17) is 0 Å². The maximum atomic E-state index is 14.4. The quantitative estimate of drug-likeness (QED) is 0.446. The first kappa shape index (κ1) is 26.3. The van der Waals surface area contributed by atoms with Crippen LogP contribution in [-0.4, -0.2) is 62.9 Å². The van der Waals surface area contributed by atoms with Crippen LogP contribution in [0.5, 0.6) is 0 Å². The first-order chi connectivity index (χ1) is 16.8. The lowest BCUT2D eigenvalue weighted by molar-refractivity contribution is -0.237. The van der Waals surface area contributed by atoms with Crippen LogP contribution in [0.15, 0.2) is 17.0 Å². The molecule has 2 aromatic rings. The van der Waals surface area contributed by atoms with Crippen molar-refractivity contribution in [1.82, 2.24) is 20.0 Å². The van der Waals surface area contributed by atoms with E-state index < -0.39 is 45.6 Å². The van der Waals surface area contributed by atoms with Gasteiger partial charge >= 0.3 is 11.4 Å². The number of H-pyrrole nitrogens is 1. The molecule has 1 N–H and O–H groups in total. The zero-order chi connectivity index (χ0) is 26.4. The largest absolute Gasteiger partial charge is 0.464 e. The summed E-state index contributed by atoms with van der Waals surface area (Å²) in [4.78, 5) is 26.7. The maximum absolute atomic E-state index is 14.4. The lowest BCUT2D eigenvalue weighted by Gasteiger charge is -2.33. The van der Waals surface area contributed by atoms with Crippen molar-refractivity contribution in [2.45, 2.75) is 55.0 Å². The van der Waals surface area contributed by atoms with Crippen molar-refractivity contribution < 1.29 is 40.3 Å². The van der Waals surface area contributed by atoms with Crippen LogP contribution in [0.1, 0.15) is 53.0 Å². The number of carbonyl (C=O) groups excluding carboxylic acids is 2. The molecular formula is C22H21F7N4O2S. The molecule has 196 valence electrons. The number of alkyl halides is 5. The summed E-state index contributed by atoms with van der Waals surface area (Å²) in [5.41, 5.74) is 1.41. The Labute approximate surface area is 205 Å². The lowest BCUT2D eigenvalue weighted by Crippen LogP contribution is -2.39. The number of carbonyl (C=O) groups is 2. The first-order valence-electron chi connectivity index (χ1n) is 11.0. The van der Waals surface area contributed by atoms with Crippen LogP contribution >= 0.6 is 11.8 Å². The molecule has 1 saturated heterocycles. The second-order valence-corrected chi connectivity index (χ2v) is 9.81. The van der Waals surface area contributed by atoms with Crippen molar-refractivity contribution in [3.05, 3.63) is 46.3 Å². The van der Waals surface area contributed by atoms with E-state index in [0.29, 0.717) is 36.8 Å². The van der Waals surface area contributed by atoms with Crippen LogP contribution in [0.3, 0.4) is 0 Å². The predicted molar refractivity (Wildman–Crippen MR) is 114 cm³/mol. The highest BCUT2D eigenvalue weighted by molar-refractivity contribution is 8.00. The molecule has 0 unspecified atom stereocenters. The Hall–Kier alpha value is -2.77. The number of thioether (sulfide) groups is 1. The number of nitrogens with zero attached hydrogens (tertiary/aromatic N) is 3. The van der Waals surface area contributed by atoms with E-state index in [2.05, 4.69) is 10.2 Å². The molecule has 0 atom stereocenters. The number of benzene rings is 1. The predicted octanol–water partition coefficient (Wildman–Crippen LogP) is 4.86. The summed E-state index contributed by atoms with van der Waals surface area (Å²) in [6.45, 7) is 2.40. The Morgan fingerprint density at radius 3 is 2.33 bits per heavy atom. The van der Waals surface area contributed by atoms with Gasteiger partial charge in [0.1, 0.15) is 0 Å². The topological polar surface area (TPSA) is 69.3 Å². The second kappa shape index (κ2) is 9.60. The van der Waals surface area contributed by atoms with Crippen LogP contribution in [0.2, 0.25) is 0 Å². The fraction of sp³-hybridized carbons (Fsp3) is 0.500. The third-order valence-electron chi connectivity index (χ3n) is 6.44. The van der Waals surface area contributed by atoms with E-state index in [1.807, 2.05) is 0 Å². The van der Waals surface area contributed by atoms with Gasteiger partial charge in [-0.3, -0.25) is 14.7 Å². The van der Waals surface area contributed by atoms with Gasteiger partial charge in [0.2, 0.25) is 5.91 Å². The number of halogens is 7. The number of likely N-dealkylation sites (tertiary alicyclic amines) is 1. The van der Waals surface area contributed by atoms with Gasteiger partial charge in [-0.15, -0.1) is 0 Å². The van der Waals surface area contributed by atoms with E-state index in [0.717, 1.165) is 6.07 Å². The minimum atomic E-state index is -5.95. The molecule has 1 aromatic carbocycles. The molecule has 0 saturated carbocycles. The molecule has 1 aromatic heterocycles. The normalized spacial score (nSPS) is 17.3. The molecule has 0 spiro atoms. The highest BCUT2D eigenvalue weighted by Crippen LogP contribution is 2.50. The van der Waals surface area contributed by atoms with Gasteiger partial charge in [-0.25, -0.2) is 8.78 Å². The molecule has 3 heterocycles. The molecule has 36 heavy (non-hydrogen) atoms. The van der Waals surface area contributed by atoms with E-state index >= 15 is 0 Å². The molecule has 14 heteroatoms. The summed E-state index contributed by atoms with van der Waals surface area (Å²) in [6.07, 6.45) is -5.22. The minimum Gasteiger partial charge on any atom is -0.337 e. The van der Waals surface area contributed by atoms with E-state index in [-0.39, 0.29) is 49.0 Å². The Balaban J connectivity index is 1.49. The van der Waals surface area contributed by atoms with Gasteiger partial charge in [-0.05, 0) is 48.6 Å². The molecule has 0 aliphatic carbocycles. The van der Waals surface area contributed by atoms with Crippen molar-refractivity contribution in [3.63, 3.8) is 0 Å². The molecule has 2 aliphatic rings. The van der Waals surface area contributed by atoms with E-state index in [1.54, 1.807) is 4.90 Å². The zero-order valence-electron chi connectivity index (χ0n) is 18.9. The van der Waals surface area contributed by atoms with Gasteiger partial charge in [0.25, 0.3) is 5.91 Å². The fourth-order valence-electron chi connectivity index (χ4n) is 4.47. The van der Waals surface area contributed by atoms with Crippen molar-refractivity contribution >= 4 is 23.6 Å². The Morgan fingerprint density at radius 2 is 1.72 bits per heavy atom. The van der Waals surface area contributed by atoms with Gasteiger partial charge in [-0.2, -0.15) is 27.1 Å². The van der Waals surface area contributed by atoms with Crippen LogP contribution < -0.4 is 0 Å². The lowest BCUT2D eigenvalue weighted by atomic mass is 9.89. The third kappa shape index (κ3) is 4.91. The molecular weight excluding hydrogens is 517 g/mol. The highest BCUT2D eigenvalue weighted by atomic mass is 32.2. The SMILES string of the molecule is CC(=O)N1CCc2c(C(=O)N3CCC(c4ccc(F)c(F)c4SC(F)(F)C(F)(F)F)CC3)n[nH]c2C1. The van der Waals surface area contributed by atoms with Crippen molar-refractivity contribution in [2.75, 3.05) is 19.6 Å². The van der Waals surface area contributed by atoms with E-state index in [1.165, 1.54) is 11.8 Å². The minimum absolute atomic E-state index is 0.104. The summed E-state index contributed by atoms with van der Waals surface area (Å²) < 4.78 is 93.6. The molecule has 2 amide bonds. The van der Waals surface area contributed by atoms with Crippen molar-refractivity contribution in [1.29, 1.82) is 0 Å². The second-order valence-electron chi connectivity index (χ2n) is 8.68. The Kier molecular flexibility index (Phi) is 7.01. The highest BCUT2D eigenvalue weighted by Gasteiger charge is 2.59.